The second-order valence-corrected chi connectivity index (χ2v) is 17.4. The summed E-state index contributed by atoms with van der Waals surface area (Å²) in [5, 5.41) is 1.23. The SMILES string of the molecule is CCOCCOc1ccc(C[CH2][Ge]([CH3])([CH3])[c]2ccc(C(C)=O)cc2)cc1. The van der Waals surface area contributed by atoms with Gasteiger partial charge < -0.3 is 0 Å². The van der Waals surface area contributed by atoms with Gasteiger partial charge in [0, 0.05) is 0 Å². The molecule has 26 heavy (non-hydrogen) atoms. The van der Waals surface area contributed by atoms with Crippen molar-refractivity contribution in [3.05, 3.63) is 59.7 Å². The number of benzene rings is 2. The number of hydrogen-bond acceptors (Lipinski definition) is 3. The van der Waals surface area contributed by atoms with E-state index in [-0.39, 0.29) is 5.78 Å². The van der Waals surface area contributed by atoms with Gasteiger partial charge in [-0.1, -0.05) is 0 Å². The zero-order chi connectivity index (χ0) is 19.0. The van der Waals surface area contributed by atoms with Crippen LogP contribution in [0.2, 0.25) is 16.8 Å². The van der Waals surface area contributed by atoms with Crippen LogP contribution in [0.5, 0.6) is 5.75 Å². The second kappa shape index (κ2) is 9.93. The van der Waals surface area contributed by atoms with Gasteiger partial charge in [0.2, 0.25) is 0 Å². The molecule has 3 nitrogen and oxygen atoms in total. The molecule has 0 aliphatic heterocycles. The maximum absolute atomic E-state index is 11.4. The Hall–Kier alpha value is -1.59. The van der Waals surface area contributed by atoms with E-state index in [9.17, 15) is 4.79 Å². The molecule has 0 amide bonds. The summed E-state index contributed by atoms with van der Waals surface area (Å²) >= 11 is -2.08. The van der Waals surface area contributed by atoms with E-state index in [0.29, 0.717) is 13.2 Å². The number of rotatable bonds is 10. The van der Waals surface area contributed by atoms with Gasteiger partial charge in [0.05, 0.1) is 0 Å². The minimum atomic E-state index is -2.08. The Balaban J connectivity index is 1.89. The Labute approximate surface area is 160 Å². The van der Waals surface area contributed by atoms with Crippen LogP contribution in [0.25, 0.3) is 0 Å². The number of ketones is 1. The third-order valence-corrected chi connectivity index (χ3v) is 11.9. The molecule has 0 aromatic heterocycles. The van der Waals surface area contributed by atoms with Crippen molar-refractivity contribution in [1.29, 1.82) is 0 Å². The number of carbonyl (C=O) groups excluding carboxylic acids is 1. The zero-order valence-electron chi connectivity index (χ0n) is 16.4. The molecule has 4 heteroatoms. The van der Waals surface area contributed by atoms with Crippen LogP contribution < -0.4 is 9.13 Å². The van der Waals surface area contributed by atoms with Gasteiger partial charge in [-0.2, -0.15) is 0 Å². The van der Waals surface area contributed by atoms with Crippen molar-refractivity contribution in [2.45, 2.75) is 37.0 Å². The maximum atomic E-state index is 11.4. The molecule has 0 saturated carbocycles. The van der Waals surface area contributed by atoms with Crippen LogP contribution in [0, 0.1) is 0 Å². The van der Waals surface area contributed by atoms with E-state index in [1.807, 2.05) is 31.2 Å². The van der Waals surface area contributed by atoms with Crippen LogP contribution in [-0.4, -0.2) is 38.9 Å². The Kier molecular flexibility index (Phi) is 7.92. The summed E-state index contributed by atoms with van der Waals surface area (Å²) in [6.07, 6.45) is 1.08. The number of Topliss-reactive ketones (excluding diaryl/α,β-unsaturated/α-hetero) is 1. The summed E-state index contributed by atoms with van der Waals surface area (Å²) in [4.78, 5) is 11.4. The monoisotopic (exact) mass is 416 g/mol. The van der Waals surface area contributed by atoms with Gasteiger partial charge >= 0.3 is 160 Å². The summed E-state index contributed by atoms with van der Waals surface area (Å²) < 4.78 is 12.4. The molecule has 0 spiro atoms. The molecule has 0 bridgehead atoms. The van der Waals surface area contributed by atoms with Crippen LogP contribution in [0.3, 0.4) is 0 Å². The predicted molar refractivity (Wildman–Crippen MR) is 111 cm³/mol. The molecule has 0 aliphatic rings. The van der Waals surface area contributed by atoms with Crippen LogP contribution in [-0.2, 0) is 11.2 Å². The van der Waals surface area contributed by atoms with Gasteiger partial charge in [-0.05, 0) is 0 Å². The molecule has 0 radical (unpaired) electrons. The molecular formula is C22H30GeO3. The number of aryl methyl sites for hydroxylation is 1. The summed E-state index contributed by atoms with van der Waals surface area (Å²) in [5.41, 5.74) is 2.15. The molecule has 0 heterocycles. The molecule has 0 N–H and O–H groups in total. The Bertz CT molecular complexity index is 690. The Morgan fingerprint density at radius 2 is 1.62 bits per heavy atom. The third-order valence-electron chi connectivity index (χ3n) is 4.74. The second-order valence-electron chi connectivity index (χ2n) is 7.21. The first-order valence-electron chi connectivity index (χ1n) is 9.33. The minimum absolute atomic E-state index is 0.130. The van der Waals surface area contributed by atoms with Crippen molar-refractivity contribution in [2.75, 3.05) is 19.8 Å². The van der Waals surface area contributed by atoms with Crippen molar-refractivity contribution in [3.8, 4) is 5.75 Å². The van der Waals surface area contributed by atoms with Gasteiger partial charge in [0.25, 0.3) is 0 Å². The van der Waals surface area contributed by atoms with E-state index in [2.05, 4.69) is 35.8 Å². The van der Waals surface area contributed by atoms with Gasteiger partial charge in [-0.3, -0.25) is 0 Å². The van der Waals surface area contributed by atoms with Crippen LogP contribution in [0.1, 0.15) is 29.8 Å². The quantitative estimate of drug-likeness (QED) is 0.327. The van der Waals surface area contributed by atoms with E-state index in [1.54, 1.807) is 6.92 Å². The Morgan fingerprint density at radius 1 is 0.962 bits per heavy atom. The van der Waals surface area contributed by atoms with Crippen LogP contribution in [0.4, 0.5) is 0 Å². The molecule has 140 valence electrons. The van der Waals surface area contributed by atoms with Crippen molar-refractivity contribution in [2.24, 2.45) is 0 Å². The number of ether oxygens (including phenoxy) is 2. The average molecular weight is 415 g/mol. The third kappa shape index (κ3) is 6.29. The normalized spacial score (nSPS) is 11.4. The standard InChI is InChI=1S/C22H30GeO3/c1-5-25-16-17-26-22-12-6-19(7-13-22)14-15-23(3,4)21-10-8-20(9-11-21)18(2)24/h6-13H,5,14-17H2,1-4H3. The van der Waals surface area contributed by atoms with Crippen molar-refractivity contribution >= 4 is 23.4 Å². The molecular weight excluding hydrogens is 385 g/mol. The summed E-state index contributed by atoms with van der Waals surface area (Å²) in [5.74, 6) is 5.90. The van der Waals surface area contributed by atoms with Gasteiger partial charge in [-0.25, -0.2) is 0 Å². The summed E-state index contributed by atoms with van der Waals surface area (Å²) in [7, 11) is 0. The average Bonchev–Trinajstić information content (AvgIpc) is 2.64. The van der Waals surface area contributed by atoms with Crippen molar-refractivity contribution in [3.63, 3.8) is 0 Å². The van der Waals surface area contributed by atoms with E-state index in [1.165, 1.54) is 15.2 Å². The van der Waals surface area contributed by atoms with Gasteiger partial charge in [0.1, 0.15) is 0 Å². The molecule has 2 rings (SSSR count). The molecule has 0 unspecified atom stereocenters. The first kappa shape index (κ1) is 20.7. The topological polar surface area (TPSA) is 35.5 Å². The first-order valence-corrected chi connectivity index (χ1v) is 16.1. The van der Waals surface area contributed by atoms with Crippen LogP contribution in [0.15, 0.2) is 48.5 Å². The van der Waals surface area contributed by atoms with E-state index < -0.39 is 13.3 Å². The fourth-order valence-electron chi connectivity index (χ4n) is 2.87. The molecule has 2 aromatic rings. The fourth-order valence-corrected chi connectivity index (χ4v) is 7.64. The van der Waals surface area contributed by atoms with Crippen molar-refractivity contribution in [1.82, 2.24) is 0 Å². The summed E-state index contributed by atoms with van der Waals surface area (Å²) in [6.45, 7) is 5.54. The summed E-state index contributed by atoms with van der Waals surface area (Å²) in [6, 6.07) is 16.7. The Morgan fingerprint density at radius 3 is 2.19 bits per heavy atom. The van der Waals surface area contributed by atoms with E-state index in [0.717, 1.165) is 24.3 Å². The van der Waals surface area contributed by atoms with Gasteiger partial charge in [0.15, 0.2) is 0 Å². The molecule has 0 fully saturated rings. The predicted octanol–water partition coefficient (Wildman–Crippen LogP) is 4.46. The van der Waals surface area contributed by atoms with Crippen molar-refractivity contribution < 1.29 is 14.3 Å². The molecule has 0 saturated heterocycles. The van der Waals surface area contributed by atoms with E-state index >= 15 is 0 Å². The molecule has 0 aliphatic carbocycles. The number of hydrogen-bond donors (Lipinski definition) is 0. The molecule has 0 atom stereocenters. The first-order chi connectivity index (χ1) is 12.4. The number of carbonyl (C=O) groups is 1. The fraction of sp³-hybridized carbons (Fsp3) is 0.409. The van der Waals surface area contributed by atoms with E-state index in [4.69, 9.17) is 9.47 Å². The molecule has 2 aromatic carbocycles. The van der Waals surface area contributed by atoms with Crippen LogP contribution >= 0.6 is 0 Å². The zero-order valence-corrected chi connectivity index (χ0v) is 18.5. The van der Waals surface area contributed by atoms with Gasteiger partial charge in [-0.15, -0.1) is 0 Å².